The summed E-state index contributed by atoms with van der Waals surface area (Å²) < 4.78 is 10.0. The van der Waals surface area contributed by atoms with Crippen molar-refractivity contribution in [2.75, 3.05) is 19.5 Å². The van der Waals surface area contributed by atoms with E-state index in [4.69, 9.17) is 21.1 Å². The molecule has 2 rings (SSSR count). The van der Waals surface area contributed by atoms with Crippen LogP contribution in [0.3, 0.4) is 0 Å². The number of phenolic OH excluding ortho intramolecular Hbond substituents is 1. The summed E-state index contributed by atoms with van der Waals surface area (Å²) in [5.41, 5.74) is 0.775. The lowest BCUT2D eigenvalue weighted by atomic mass is 10.1. The van der Waals surface area contributed by atoms with Gasteiger partial charge in [-0.2, -0.15) is 0 Å². The van der Waals surface area contributed by atoms with Crippen molar-refractivity contribution in [2.45, 2.75) is 0 Å². The Hall–Kier alpha value is -2.40. The normalized spacial score (nSPS) is 10.0. The molecule has 0 aromatic heterocycles. The van der Waals surface area contributed by atoms with Gasteiger partial charge in [0.25, 0.3) is 5.91 Å². The summed E-state index contributed by atoms with van der Waals surface area (Å²) in [5, 5.41) is 12.9. The SMILES string of the molecule is COc1cc(C(=O)Nc2ccccc2Cl)cc(OC)c1O. The Balaban J connectivity index is 2.33. The van der Waals surface area contributed by atoms with Crippen molar-refractivity contribution in [2.24, 2.45) is 0 Å². The molecule has 0 saturated carbocycles. The van der Waals surface area contributed by atoms with Crippen LogP contribution in [0.4, 0.5) is 5.69 Å². The van der Waals surface area contributed by atoms with Crippen LogP contribution in [0, 0.1) is 0 Å². The number of carbonyl (C=O) groups is 1. The maximum atomic E-state index is 12.3. The zero-order chi connectivity index (χ0) is 15.4. The minimum absolute atomic E-state index is 0.152. The van der Waals surface area contributed by atoms with Crippen molar-refractivity contribution in [3.63, 3.8) is 0 Å². The van der Waals surface area contributed by atoms with E-state index < -0.39 is 0 Å². The third-order valence-electron chi connectivity index (χ3n) is 2.86. The van der Waals surface area contributed by atoms with Gasteiger partial charge in [-0.15, -0.1) is 0 Å². The molecule has 0 heterocycles. The third-order valence-corrected chi connectivity index (χ3v) is 3.19. The second-order valence-electron chi connectivity index (χ2n) is 4.16. The fourth-order valence-electron chi connectivity index (χ4n) is 1.78. The average molecular weight is 308 g/mol. The topological polar surface area (TPSA) is 67.8 Å². The molecule has 2 aromatic rings. The highest BCUT2D eigenvalue weighted by Crippen LogP contribution is 2.37. The van der Waals surface area contributed by atoms with E-state index in [2.05, 4.69) is 5.32 Å². The van der Waals surface area contributed by atoms with Gasteiger partial charge in [0.15, 0.2) is 11.5 Å². The molecule has 21 heavy (non-hydrogen) atoms. The molecule has 0 spiro atoms. The van der Waals surface area contributed by atoms with Crippen LogP contribution in [0.5, 0.6) is 17.2 Å². The summed E-state index contributed by atoms with van der Waals surface area (Å²) in [6, 6.07) is 9.74. The lowest BCUT2D eigenvalue weighted by Crippen LogP contribution is -2.12. The van der Waals surface area contributed by atoms with Crippen molar-refractivity contribution in [1.82, 2.24) is 0 Å². The second-order valence-corrected chi connectivity index (χ2v) is 4.57. The summed E-state index contributed by atoms with van der Waals surface area (Å²) in [7, 11) is 2.79. The minimum Gasteiger partial charge on any atom is -0.502 e. The Morgan fingerprint density at radius 1 is 1.14 bits per heavy atom. The zero-order valence-corrected chi connectivity index (χ0v) is 12.3. The van der Waals surface area contributed by atoms with Gasteiger partial charge in [-0.05, 0) is 24.3 Å². The first kappa shape index (κ1) is 15.0. The van der Waals surface area contributed by atoms with Crippen LogP contribution in [-0.2, 0) is 0 Å². The predicted octanol–water partition coefficient (Wildman–Crippen LogP) is 3.32. The van der Waals surface area contributed by atoms with Crippen molar-refractivity contribution < 1.29 is 19.4 Å². The van der Waals surface area contributed by atoms with E-state index in [1.165, 1.54) is 26.4 Å². The summed E-state index contributed by atoms with van der Waals surface area (Å²) in [5.74, 6) is -0.244. The second kappa shape index (κ2) is 6.37. The number of methoxy groups -OCH3 is 2. The van der Waals surface area contributed by atoms with Crippen LogP contribution in [0.1, 0.15) is 10.4 Å². The van der Waals surface area contributed by atoms with Crippen LogP contribution in [0.25, 0.3) is 0 Å². The number of phenols is 1. The van der Waals surface area contributed by atoms with Crippen LogP contribution in [-0.4, -0.2) is 25.2 Å². The molecule has 0 atom stereocenters. The number of para-hydroxylation sites is 1. The number of aromatic hydroxyl groups is 1. The highest BCUT2D eigenvalue weighted by atomic mass is 35.5. The number of halogens is 1. The molecule has 110 valence electrons. The lowest BCUT2D eigenvalue weighted by molar-refractivity contribution is 0.102. The first-order valence-corrected chi connectivity index (χ1v) is 6.45. The molecular formula is C15H14ClNO4. The number of benzene rings is 2. The standard InChI is InChI=1S/C15H14ClNO4/c1-20-12-7-9(8-13(21-2)14(12)18)15(19)17-11-6-4-3-5-10(11)16/h3-8,18H,1-2H3,(H,17,19). The van der Waals surface area contributed by atoms with E-state index in [9.17, 15) is 9.90 Å². The Morgan fingerprint density at radius 3 is 2.24 bits per heavy atom. The quantitative estimate of drug-likeness (QED) is 0.909. The number of carbonyl (C=O) groups excluding carboxylic acids is 1. The first-order valence-electron chi connectivity index (χ1n) is 6.07. The Bertz CT molecular complexity index is 647. The van der Waals surface area contributed by atoms with Gasteiger partial charge >= 0.3 is 0 Å². The summed E-state index contributed by atoms with van der Waals surface area (Å²) in [6.07, 6.45) is 0. The molecule has 5 nitrogen and oxygen atoms in total. The third kappa shape index (κ3) is 3.20. The lowest BCUT2D eigenvalue weighted by Gasteiger charge is -2.12. The largest absolute Gasteiger partial charge is 0.502 e. The van der Waals surface area contributed by atoms with Gasteiger partial charge < -0.3 is 19.9 Å². The molecular weight excluding hydrogens is 294 g/mol. The molecule has 1 amide bonds. The predicted molar refractivity (Wildman–Crippen MR) is 80.6 cm³/mol. The Kier molecular flexibility index (Phi) is 4.55. The van der Waals surface area contributed by atoms with Gasteiger partial charge in [-0.1, -0.05) is 23.7 Å². The van der Waals surface area contributed by atoms with Crippen molar-refractivity contribution in [3.05, 3.63) is 47.0 Å². The highest BCUT2D eigenvalue weighted by molar-refractivity contribution is 6.33. The van der Waals surface area contributed by atoms with E-state index in [0.717, 1.165) is 0 Å². The fourth-order valence-corrected chi connectivity index (χ4v) is 1.96. The molecule has 0 radical (unpaired) electrons. The van der Waals surface area contributed by atoms with Gasteiger partial charge in [0.05, 0.1) is 24.9 Å². The van der Waals surface area contributed by atoms with Gasteiger partial charge in [-0.3, -0.25) is 4.79 Å². The summed E-state index contributed by atoms with van der Waals surface area (Å²) in [6.45, 7) is 0. The number of hydrogen-bond acceptors (Lipinski definition) is 4. The number of anilines is 1. The number of nitrogens with one attached hydrogen (secondary N) is 1. The van der Waals surface area contributed by atoms with Gasteiger partial charge in [0.2, 0.25) is 5.75 Å². The van der Waals surface area contributed by atoms with Crippen LogP contribution >= 0.6 is 11.6 Å². The van der Waals surface area contributed by atoms with Gasteiger partial charge in [-0.25, -0.2) is 0 Å². The van der Waals surface area contributed by atoms with Crippen molar-refractivity contribution in [3.8, 4) is 17.2 Å². The van der Waals surface area contributed by atoms with Gasteiger partial charge in [0.1, 0.15) is 0 Å². The minimum atomic E-state index is -0.389. The fraction of sp³-hybridized carbons (Fsp3) is 0.133. The number of amides is 1. The van der Waals surface area contributed by atoms with Crippen molar-refractivity contribution >= 4 is 23.2 Å². The Labute approximate surface area is 127 Å². The van der Waals surface area contributed by atoms with Crippen molar-refractivity contribution in [1.29, 1.82) is 0 Å². The highest BCUT2D eigenvalue weighted by Gasteiger charge is 2.16. The van der Waals surface area contributed by atoms with Crippen LogP contribution < -0.4 is 14.8 Å². The summed E-state index contributed by atoms with van der Waals surface area (Å²) >= 11 is 5.99. The van der Waals surface area contributed by atoms with E-state index >= 15 is 0 Å². The molecule has 0 bridgehead atoms. The maximum absolute atomic E-state index is 12.3. The van der Waals surface area contributed by atoms with Crippen LogP contribution in [0.15, 0.2) is 36.4 Å². The van der Waals surface area contributed by atoms with E-state index in [1.54, 1.807) is 24.3 Å². The number of ether oxygens (including phenoxy) is 2. The number of rotatable bonds is 4. The maximum Gasteiger partial charge on any atom is 0.255 e. The first-order chi connectivity index (χ1) is 10.1. The molecule has 2 aromatic carbocycles. The molecule has 0 saturated heterocycles. The Morgan fingerprint density at radius 2 is 1.71 bits per heavy atom. The molecule has 0 fully saturated rings. The van der Waals surface area contributed by atoms with Crippen LogP contribution in [0.2, 0.25) is 5.02 Å². The zero-order valence-electron chi connectivity index (χ0n) is 11.5. The summed E-state index contributed by atoms with van der Waals surface area (Å²) in [4.78, 5) is 12.3. The number of hydrogen-bond donors (Lipinski definition) is 2. The van der Waals surface area contributed by atoms with Gasteiger partial charge in [0, 0.05) is 5.56 Å². The molecule has 2 N–H and O–H groups in total. The molecule has 0 unspecified atom stereocenters. The van der Waals surface area contributed by atoms with E-state index in [1.807, 2.05) is 0 Å². The molecule has 0 aliphatic rings. The smallest absolute Gasteiger partial charge is 0.255 e. The molecule has 0 aliphatic heterocycles. The monoisotopic (exact) mass is 307 g/mol. The molecule has 0 aliphatic carbocycles. The molecule has 6 heteroatoms. The van der Waals surface area contributed by atoms with E-state index in [0.29, 0.717) is 10.7 Å². The van der Waals surface area contributed by atoms with E-state index in [-0.39, 0.29) is 28.7 Å². The average Bonchev–Trinajstić information content (AvgIpc) is 2.49.